The Kier molecular flexibility index (Phi) is 10.2. The molecule has 2 aliphatic rings. The third-order valence-electron chi connectivity index (χ3n) is 6.76. The van der Waals surface area contributed by atoms with Crippen LogP contribution in [0.25, 0.3) is 0 Å². The summed E-state index contributed by atoms with van der Waals surface area (Å²) in [6, 6.07) is 4.77. The summed E-state index contributed by atoms with van der Waals surface area (Å²) >= 11 is 0. The van der Waals surface area contributed by atoms with E-state index in [1.807, 2.05) is 12.1 Å². The average Bonchev–Trinajstić information content (AvgIpc) is 3.17. The highest BCUT2D eigenvalue weighted by atomic mass is 31.3. The van der Waals surface area contributed by atoms with Crippen LogP contribution in [0.2, 0.25) is 0 Å². The van der Waals surface area contributed by atoms with Gasteiger partial charge in [-0.05, 0) is 36.5 Å². The smallest absolute Gasteiger partial charge is 0.387 e. The highest BCUT2D eigenvalue weighted by molar-refractivity contribution is 7.66. The second kappa shape index (κ2) is 13.0. The predicted octanol–water partition coefficient (Wildman–Crippen LogP) is 0.463. The Morgan fingerprint density at radius 2 is 1.64 bits per heavy atom. The summed E-state index contributed by atoms with van der Waals surface area (Å²) in [5.41, 5.74) is -0.0761. The summed E-state index contributed by atoms with van der Waals surface area (Å²) < 4.78 is 53.0. The molecule has 1 saturated heterocycles. The van der Waals surface area contributed by atoms with Crippen molar-refractivity contribution in [3.05, 3.63) is 62.7 Å². The maximum atomic E-state index is 13.3. The van der Waals surface area contributed by atoms with Crippen molar-refractivity contribution in [2.24, 2.45) is 0 Å². The number of hydrogen-bond acceptors (Lipinski definition) is 12. The van der Waals surface area contributed by atoms with Gasteiger partial charge in [0.1, 0.15) is 18.3 Å². The van der Waals surface area contributed by atoms with Crippen molar-refractivity contribution in [3.63, 3.8) is 0 Å². The molecule has 234 valence electrons. The van der Waals surface area contributed by atoms with Crippen LogP contribution >= 0.6 is 23.5 Å². The summed E-state index contributed by atoms with van der Waals surface area (Å²) in [5, 5.41) is 20.9. The minimum atomic E-state index is -5.78. The topological polar surface area (TPSA) is 266 Å². The quantitative estimate of drug-likeness (QED) is 0.179. The van der Waals surface area contributed by atoms with E-state index in [-0.39, 0.29) is 6.54 Å². The molecule has 0 radical (unpaired) electrons. The molecular weight excluding hydrogens is 627 g/mol. The number of rotatable bonds is 11. The molecule has 2 aromatic rings. The third-order valence-corrected chi connectivity index (χ3v) is 10.6. The average molecular weight is 657 g/mol. The Hall–Kier alpha value is -1.88. The van der Waals surface area contributed by atoms with Crippen molar-refractivity contribution in [1.29, 1.82) is 0 Å². The van der Waals surface area contributed by atoms with Crippen molar-refractivity contribution in [2.75, 3.05) is 6.61 Å². The fourth-order valence-electron chi connectivity index (χ4n) is 4.87. The molecule has 1 aliphatic carbocycles. The van der Waals surface area contributed by atoms with Crippen LogP contribution in [0, 0.1) is 0 Å². The molecule has 42 heavy (non-hydrogen) atoms. The maximum Gasteiger partial charge on any atom is 0.490 e. The number of aliphatic hydroxyl groups is 2. The zero-order valence-electron chi connectivity index (χ0n) is 21.8. The number of aromatic nitrogens is 3. The minimum Gasteiger partial charge on any atom is -0.387 e. The molecule has 0 bridgehead atoms. The lowest BCUT2D eigenvalue weighted by Crippen LogP contribution is -2.43. The van der Waals surface area contributed by atoms with Crippen LogP contribution in [0.3, 0.4) is 0 Å². The minimum absolute atomic E-state index is 0.195. The summed E-state index contributed by atoms with van der Waals surface area (Å²) in [7, 11) is -16.9. The molecule has 3 heterocycles. The maximum absolute atomic E-state index is 13.3. The Bertz CT molecular complexity index is 1530. The fourth-order valence-corrected chi connectivity index (χ4v) is 7.90. The van der Waals surface area contributed by atoms with Crippen molar-refractivity contribution in [3.8, 4) is 0 Å². The number of aliphatic hydroxyl groups excluding tert-OH is 2. The largest absolute Gasteiger partial charge is 0.490 e. The van der Waals surface area contributed by atoms with Gasteiger partial charge in [-0.3, -0.25) is 23.4 Å². The summed E-state index contributed by atoms with van der Waals surface area (Å²) in [6.07, 6.45) is 1.24. The van der Waals surface area contributed by atoms with Gasteiger partial charge in [0, 0.05) is 18.5 Å². The van der Waals surface area contributed by atoms with Crippen LogP contribution in [0.15, 0.2) is 40.2 Å². The molecule has 6 atom stereocenters. The van der Waals surface area contributed by atoms with Crippen molar-refractivity contribution >= 4 is 23.5 Å². The molecule has 6 N–H and O–H groups in total. The van der Waals surface area contributed by atoms with E-state index < -0.39 is 65.9 Å². The van der Waals surface area contributed by atoms with Gasteiger partial charge in [0.15, 0.2) is 6.23 Å². The van der Waals surface area contributed by atoms with Crippen LogP contribution in [-0.4, -0.2) is 68.8 Å². The molecule has 21 heteroatoms. The van der Waals surface area contributed by atoms with Crippen LogP contribution in [0.4, 0.5) is 0 Å². The van der Waals surface area contributed by atoms with Gasteiger partial charge >= 0.3 is 29.2 Å². The molecule has 2 aromatic heterocycles. The van der Waals surface area contributed by atoms with Gasteiger partial charge in [0.05, 0.1) is 18.8 Å². The number of phosphoric acid groups is 3. The first-order valence-corrected chi connectivity index (χ1v) is 17.1. The normalized spacial score (nSPS) is 26.5. The third kappa shape index (κ3) is 8.39. The van der Waals surface area contributed by atoms with Gasteiger partial charge in [-0.25, -0.2) is 18.5 Å². The predicted molar refractivity (Wildman–Crippen MR) is 140 cm³/mol. The van der Waals surface area contributed by atoms with Gasteiger partial charge in [0.2, 0.25) is 0 Å². The first kappa shape index (κ1) is 33.0. The second-order valence-electron chi connectivity index (χ2n) is 9.78. The number of ether oxygens (including phenoxy) is 1. The second-order valence-corrected chi connectivity index (χ2v) is 14.2. The zero-order chi connectivity index (χ0) is 30.9. The monoisotopic (exact) mass is 657 g/mol. The van der Waals surface area contributed by atoms with E-state index >= 15 is 0 Å². The van der Waals surface area contributed by atoms with E-state index in [0.29, 0.717) is 11.6 Å². The Balaban J connectivity index is 1.47. The zero-order valence-corrected chi connectivity index (χ0v) is 24.4. The molecule has 0 aromatic carbocycles. The molecule has 18 nitrogen and oxygen atoms in total. The highest BCUT2D eigenvalue weighted by Crippen LogP contribution is 2.66. The SMILES string of the molecule is O=c1ccn([C@@H]2O[C@H](COP(=O)(O)OP(=O)(O)OP(=O)(O)O)C(O)C2O)c(=O)n1Cc1cc(C2CCCCC2)ccn1. The highest BCUT2D eigenvalue weighted by Gasteiger charge is 2.47. The molecule has 4 unspecified atom stereocenters. The molecule has 4 rings (SSSR count). The molecule has 0 spiro atoms. The van der Waals surface area contributed by atoms with Crippen molar-refractivity contribution in [1.82, 2.24) is 14.1 Å². The van der Waals surface area contributed by atoms with Gasteiger partial charge in [-0.1, -0.05) is 19.3 Å². The number of hydrogen-bond donors (Lipinski definition) is 6. The van der Waals surface area contributed by atoms with E-state index in [1.54, 1.807) is 6.20 Å². The molecule has 1 saturated carbocycles. The van der Waals surface area contributed by atoms with E-state index in [4.69, 9.17) is 14.5 Å². The van der Waals surface area contributed by atoms with Crippen molar-refractivity contribution in [2.45, 2.75) is 69.1 Å². The standard InChI is InChI=1S/C21H30N3O15P3/c25-17-7-9-23(21(28)24(17)11-15-10-14(6-8-22-15)13-4-2-1-3-5-13)20-19(27)18(26)16(37-20)12-36-41(32,33)39-42(34,35)38-40(29,30)31/h6-10,13,16,18-20,26-27H,1-5,11-12H2,(H,32,33)(H,34,35)(H2,29,30,31)/t16-,18?,19?,20-/m1/s1. The number of pyridine rings is 1. The summed E-state index contributed by atoms with van der Waals surface area (Å²) in [4.78, 5) is 66.2. The van der Waals surface area contributed by atoms with Crippen LogP contribution in [0.5, 0.6) is 0 Å². The molecule has 1 aliphatic heterocycles. The Morgan fingerprint density at radius 1 is 0.952 bits per heavy atom. The Labute approximate surface area is 237 Å². The lowest BCUT2D eigenvalue weighted by atomic mass is 9.84. The van der Waals surface area contributed by atoms with Gasteiger partial charge in [0.25, 0.3) is 5.56 Å². The van der Waals surface area contributed by atoms with Crippen LogP contribution in [0.1, 0.15) is 55.5 Å². The number of phosphoric ester groups is 1. The fraction of sp³-hybridized carbons (Fsp3) is 0.571. The van der Waals surface area contributed by atoms with E-state index in [0.717, 1.165) is 52.6 Å². The first-order valence-electron chi connectivity index (χ1n) is 12.6. The van der Waals surface area contributed by atoms with Crippen LogP contribution in [-0.2, 0) is 38.1 Å². The van der Waals surface area contributed by atoms with Gasteiger partial charge in [-0.15, -0.1) is 0 Å². The van der Waals surface area contributed by atoms with Gasteiger partial charge in [-0.2, -0.15) is 8.62 Å². The molecule has 0 amide bonds. The van der Waals surface area contributed by atoms with E-state index in [2.05, 4.69) is 18.1 Å². The lowest BCUT2D eigenvalue weighted by molar-refractivity contribution is -0.0547. The van der Waals surface area contributed by atoms with E-state index in [9.17, 15) is 43.3 Å². The van der Waals surface area contributed by atoms with Crippen molar-refractivity contribution < 1.29 is 61.4 Å². The van der Waals surface area contributed by atoms with E-state index in [1.165, 1.54) is 6.42 Å². The number of nitrogens with zero attached hydrogens (tertiary/aromatic N) is 3. The molecular formula is C21H30N3O15P3. The molecule has 2 fully saturated rings. The first-order chi connectivity index (χ1) is 19.6. The van der Waals surface area contributed by atoms with Gasteiger partial charge < -0.3 is 34.5 Å². The van der Waals surface area contributed by atoms with Crippen LogP contribution < -0.4 is 11.2 Å². The lowest BCUT2D eigenvalue weighted by Gasteiger charge is -2.22. The Morgan fingerprint density at radius 3 is 2.31 bits per heavy atom. The summed E-state index contributed by atoms with van der Waals surface area (Å²) in [5.74, 6) is 0.356. The summed E-state index contributed by atoms with van der Waals surface area (Å²) in [6.45, 7) is -1.26.